The van der Waals surface area contributed by atoms with E-state index in [-0.39, 0.29) is 11.1 Å². The molecule has 0 fully saturated rings. The number of nitriles is 1. The molecule has 0 amide bonds. The Bertz CT molecular complexity index is 544. The second kappa shape index (κ2) is 3.63. The van der Waals surface area contributed by atoms with Gasteiger partial charge in [-0.15, -0.1) is 0 Å². The van der Waals surface area contributed by atoms with Gasteiger partial charge in [-0.05, 0) is 11.6 Å². The van der Waals surface area contributed by atoms with Gasteiger partial charge >= 0.3 is 0 Å². The van der Waals surface area contributed by atoms with Gasteiger partial charge < -0.3 is 0 Å². The molecule has 2 aromatic rings. The first-order valence-electron chi connectivity index (χ1n) is 3.84. The summed E-state index contributed by atoms with van der Waals surface area (Å²) in [6.07, 6.45) is 3.59. The van der Waals surface area contributed by atoms with Gasteiger partial charge in [0.15, 0.2) is 11.6 Å². The van der Waals surface area contributed by atoms with Gasteiger partial charge in [-0.25, -0.2) is 14.1 Å². The molecule has 0 saturated carbocycles. The van der Waals surface area contributed by atoms with Crippen molar-refractivity contribution in [2.24, 2.45) is 0 Å². The van der Waals surface area contributed by atoms with Crippen LogP contribution in [0.5, 0.6) is 0 Å². The summed E-state index contributed by atoms with van der Waals surface area (Å²) in [5.41, 5.74) is 0.309. The van der Waals surface area contributed by atoms with Gasteiger partial charge in [0.25, 0.3) is 0 Å². The maximum Gasteiger partial charge on any atom is 0.224 e. The zero-order valence-electron chi connectivity index (χ0n) is 7.22. The van der Waals surface area contributed by atoms with Crippen molar-refractivity contribution in [1.29, 1.82) is 5.26 Å². The van der Waals surface area contributed by atoms with Crippen molar-refractivity contribution in [2.75, 3.05) is 0 Å². The van der Waals surface area contributed by atoms with E-state index < -0.39 is 5.82 Å². The molecule has 15 heavy (non-hydrogen) atoms. The van der Waals surface area contributed by atoms with E-state index in [0.29, 0.717) is 5.56 Å². The molecule has 0 unspecified atom stereocenters. The fourth-order valence-electron chi connectivity index (χ4n) is 0.994. The lowest BCUT2D eigenvalue weighted by Crippen LogP contribution is -2.02. The van der Waals surface area contributed by atoms with Crippen molar-refractivity contribution in [1.82, 2.24) is 19.7 Å². The molecule has 0 N–H and O–H groups in total. The Kier molecular flexibility index (Phi) is 2.31. The number of aromatic nitrogens is 4. The monoisotopic (exact) mass is 223 g/mol. The van der Waals surface area contributed by atoms with E-state index >= 15 is 0 Å². The average Bonchev–Trinajstić information content (AvgIpc) is 2.70. The summed E-state index contributed by atoms with van der Waals surface area (Å²) in [5.74, 6) is -0.747. The maximum absolute atomic E-state index is 13.2. The van der Waals surface area contributed by atoms with E-state index in [2.05, 4.69) is 15.1 Å². The van der Waals surface area contributed by atoms with Crippen molar-refractivity contribution in [3.8, 4) is 11.9 Å². The van der Waals surface area contributed by atoms with Crippen LogP contribution in [-0.2, 0) is 0 Å². The van der Waals surface area contributed by atoms with Crippen LogP contribution in [0.3, 0.4) is 0 Å². The molecule has 0 spiro atoms. The quantitative estimate of drug-likeness (QED) is 0.684. The highest BCUT2D eigenvalue weighted by atomic mass is 35.5. The summed E-state index contributed by atoms with van der Waals surface area (Å²) in [6, 6.07) is 1.87. The van der Waals surface area contributed by atoms with Crippen LogP contribution in [-0.4, -0.2) is 19.7 Å². The van der Waals surface area contributed by atoms with E-state index in [0.717, 1.165) is 10.9 Å². The normalized spacial score (nSPS) is 9.93. The Labute approximate surface area is 88.8 Å². The second-order valence-electron chi connectivity index (χ2n) is 2.60. The molecule has 2 heterocycles. The smallest absolute Gasteiger partial charge is 0.223 e. The average molecular weight is 224 g/mol. The molecular formula is C8H3ClFN5. The Hall–Kier alpha value is -2.00. The first-order chi connectivity index (χ1) is 7.20. The van der Waals surface area contributed by atoms with Crippen LogP contribution >= 0.6 is 11.6 Å². The largest absolute Gasteiger partial charge is 0.224 e. The highest BCUT2D eigenvalue weighted by Gasteiger charge is 2.09. The van der Waals surface area contributed by atoms with Crippen molar-refractivity contribution < 1.29 is 4.39 Å². The summed E-state index contributed by atoms with van der Waals surface area (Å²) >= 11 is 5.51. The predicted octanol–water partition coefficient (Wildman–Crippen LogP) is 1.33. The second-order valence-corrected chi connectivity index (χ2v) is 2.93. The minimum atomic E-state index is -0.660. The molecule has 0 aliphatic carbocycles. The molecule has 0 atom stereocenters. The lowest BCUT2D eigenvalue weighted by molar-refractivity contribution is 0.592. The lowest BCUT2D eigenvalue weighted by Gasteiger charge is -2.00. The third kappa shape index (κ3) is 1.78. The molecular weight excluding hydrogens is 221 g/mol. The third-order valence-corrected chi connectivity index (χ3v) is 1.81. The van der Waals surface area contributed by atoms with Crippen LogP contribution in [0.4, 0.5) is 4.39 Å². The highest BCUT2D eigenvalue weighted by molar-refractivity contribution is 6.28. The Morgan fingerprint density at radius 2 is 2.27 bits per heavy atom. The lowest BCUT2D eigenvalue weighted by atomic mass is 10.4. The topological polar surface area (TPSA) is 67.4 Å². The Morgan fingerprint density at radius 1 is 1.47 bits per heavy atom. The van der Waals surface area contributed by atoms with E-state index in [9.17, 15) is 4.39 Å². The summed E-state index contributed by atoms with van der Waals surface area (Å²) < 4.78 is 14.4. The summed E-state index contributed by atoms with van der Waals surface area (Å²) in [7, 11) is 0. The molecule has 74 valence electrons. The van der Waals surface area contributed by atoms with Crippen molar-refractivity contribution >= 4 is 11.6 Å². The number of hydrogen-bond acceptors (Lipinski definition) is 4. The molecule has 0 aliphatic heterocycles. The molecule has 0 aromatic carbocycles. The summed E-state index contributed by atoms with van der Waals surface area (Å²) in [6.45, 7) is 0. The molecule has 5 nitrogen and oxygen atoms in total. The van der Waals surface area contributed by atoms with E-state index in [1.54, 1.807) is 0 Å². The van der Waals surface area contributed by atoms with Gasteiger partial charge in [-0.3, -0.25) is 0 Å². The number of hydrogen-bond donors (Lipinski definition) is 0. The van der Waals surface area contributed by atoms with E-state index in [1.807, 2.05) is 6.07 Å². The van der Waals surface area contributed by atoms with Crippen LogP contribution in [0.15, 0.2) is 18.6 Å². The standard InChI is InChI=1S/C8H3ClFN5/c9-8-12-3-6(10)7(14-8)15-4-5(1-11)2-13-15/h2-4H. The van der Waals surface area contributed by atoms with Gasteiger partial charge in [-0.2, -0.15) is 15.3 Å². The number of rotatable bonds is 1. The van der Waals surface area contributed by atoms with Crippen LogP contribution in [0.25, 0.3) is 5.82 Å². The zero-order valence-corrected chi connectivity index (χ0v) is 7.98. The zero-order chi connectivity index (χ0) is 10.8. The van der Waals surface area contributed by atoms with Crippen LogP contribution in [0.2, 0.25) is 5.28 Å². The minimum Gasteiger partial charge on any atom is -0.223 e. The molecule has 2 rings (SSSR count). The molecule has 2 aromatic heterocycles. The fraction of sp³-hybridized carbons (Fsp3) is 0. The molecule has 0 saturated heterocycles. The summed E-state index contributed by atoms with van der Waals surface area (Å²) in [5, 5.41) is 12.2. The van der Waals surface area contributed by atoms with Gasteiger partial charge in [-0.1, -0.05) is 0 Å². The van der Waals surface area contributed by atoms with E-state index in [1.165, 1.54) is 12.4 Å². The SMILES string of the molecule is N#Cc1cnn(-c2nc(Cl)ncc2F)c1. The van der Waals surface area contributed by atoms with E-state index in [4.69, 9.17) is 16.9 Å². The van der Waals surface area contributed by atoms with Crippen LogP contribution < -0.4 is 0 Å². The summed E-state index contributed by atoms with van der Waals surface area (Å²) in [4.78, 5) is 7.13. The minimum absolute atomic E-state index is 0.0830. The molecule has 7 heteroatoms. The van der Waals surface area contributed by atoms with Crippen molar-refractivity contribution in [3.63, 3.8) is 0 Å². The molecule has 0 bridgehead atoms. The first-order valence-corrected chi connectivity index (χ1v) is 4.21. The fourth-order valence-corrected chi connectivity index (χ4v) is 1.12. The van der Waals surface area contributed by atoms with Crippen LogP contribution in [0, 0.1) is 17.1 Å². The van der Waals surface area contributed by atoms with Crippen molar-refractivity contribution in [2.45, 2.75) is 0 Å². The Balaban J connectivity index is 2.54. The molecule has 0 aliphatic rings. The number of nitrogens with zero attached hydrogens (tertiary/aromatic N) is 5. The third-order valence-electron chi connectivity index (χ3n) is 1.62. The van der Waals surface area contributed by atoms with Gasteiger partial charge in [0.05, 0.1) is 24.2 Å². The van der Waals surface area contributed by atoms with Gasteiger partial charge in [0, 0.05) is 0 Å². The highest BCUT2D eigenvalue weighted by Crippen LogP contribution is 2.11. The predicted molar refractivity (Wildman–Crippen MR) is 48.8 cm³/mol. The first kappa shape index (κ1) is 9.55. The van der Waals surface area contributed by atoms with Gasteiger partial charge in [0.2, 0.25) is 5.28 Å². The molecule has 0 radical (unpaired) electrons. The number of halogens is 2. The Morgan fingerprint density at radius 3 is 2.93 bits per heavy atom. The van der Waals surface area contributed by atoms with Crippen molar-refractivity contribution in [3.05, 3.63) is 35.3 Å². The van der Waals surface area contributed by atoms with Gasteiger partial charge in [0.1, 0.15) is 6.07 Å². The maximum atomic E-state index is 13.2. The van der Waals surface area contributed by atoms with Crippen LogP contribution in [0.1, 0.15) is 5.56 Å².